The number of rotatable bonds is 12. The van der Waals surface area contributed by atoms with Crippen molar-refractivity contribution in [2.24, 2.45) is 0 Å². The van der Waals surface area contributed by atoms with Gasteiger partial charge in [0.2, 0.25) is 0 Å². The molecule has 0 radical (unpaired) electrons. The Hall–Kier alpha value is -6.34. The molecule has 514 valence electrons. The van der Waals surface area contributed by atoms with Gasteiger partial charge in [-0.1, -0.05) is 194 Å². The van der Waals surface area contributed by atoms with E-state index in [1.165, 1.54) is 4.68 Å². The Balaban J connectivity index is 0.000000297. The van der Waals surface area contributed by atoms with Crippen molar-refractivity contribution in [1.82, 2.24) is 45.0 Å². The molecule has 9 rings (SSSR count). The number of hydrogen-bond donors (Lipinski definition) is 3. The minimum absolute atomic E-state index is 0. The zero-order valence-corrected chi connectivity index (χ0v) is 69.3. The van der Waals surface area contributed by atoms with Gasteiger partial charge in [0, 0.05) is 15.1 Å². The molecule has 29 heteroatoms. The van der Waals surface area contributed by atoms with Crippen molar-refractivity contribution in [3.63, 3.8) is 0 Å². The molecule has 98 heavy (non-hydrogen) atoms. The largest absolute Gasteiger partial charge is 1.00 e. The molecule has 0 spiro atoms. The average Bonchev–Trinajstić information content (AvgIpc) is 1.36. The molecule has 0 aliphatic heterocycles. The number of aromatic nitrogens is 9. The Kier molecular flexibility index (Phi) is 28.7. The first kappa shape index (κ1) is 84.1. The predicted molar refractivity (Wildman–Crippen MR) is 406 cm³/mol. The number of benzene rings is 6. The Morgan fingerprint density at radius 3 is 0.969 bits per heavy atom. The van der Waals surface area contributed by atoms with E-state index in [1.54, 1.807) is 107 Å². The smallest absolute Gasteiger partial charge is 0.870 e. The third kappa shape index (κ3) is 22.8. The van der Waals surface area contributed by atoms with Crippen molar-refractivity contribution in [1.29, 1.82) is 0 Å². The summed E-state index contributed by atoms with van der Waals surface area (Å²) < 4.78 is 91.3. The Bertz CT molecular complexity index is 4820. The first-order chi connectivity index (χ1) is 44.2. The van der Waals surface area contributed by atoms with E-state index in [9.17, 15) is 25.3 Å². The number of halogens is 4. The van der Waals surface area contributed by atoms with Gasteiger partial charge in [-0.15, -0.1) is 39.2 Å². The van der Waals surface area contributed by atoms with Crippen LogP contribution >= 0.6 is 57.4 Å². The second kappa shape index (κ2) is 33.4. The summed E-state index contributed by atoms with van der Waals surface area (Å²) in [5, 5.41) is 25.8. The molecule has 0 amide bonds. The normalized spacial score (nSPS) is 11.8. The molecular formula is C69H81Cl3IN12NaO7S3Si2. The summed E-state index contributed by atoms with van der Waals surface area (Å²) in [5.41, 5.74) is 14.5. The van der Waals surface area contributed by atoms with E-state index in [2.05, 4.69) is 192 Å². The maximum Gasteiger partial charge on any atom is 1.00 e. The van der Waals surface area contributed by atoms with Crippen LogP contribution in [0.4, 0.5) is 17.1 Å². The predicted octanol–water partition coefficient (Wildman–Crippen LogP) is 13.1. The number of anilines is 3. The standard InChI is InChI=1S/C24H29ClN4O2SSi.C21H21ClN4O2S.C19H20ClIN4O2S.C5H10Si.Na.H2O/c1-17-21(14-15-33(5,6)7)26-28-29(17)23-16-19(25)10-13-22(23)27-32(30,31)20-11-8-18(9-12-20)24(2,3)4;1-6-18-14(2)26(25-23-18)20-13-16(22)9-12-19(20)24-29(27,28)17-10-7-15(8-11-17)21(3,4)5;1-12-18(21)22-24-25(12)17-11-14(20)7-10-16(17)23-28(26,27)15-8-5-13(6-9-15)19(2,3)4;1-5-6(2,3)4;;/h8-13,16,27H,1-7H3;1,7-13,24H,2-5H3;5-11,23H,1-4H3;1H,2-4H3;;1H2/q;;;;+1;/p-1. The summed E-state index contributed by atoms with van der Waals surface area (Å²) in [6, 6.07) is 35.2. The summed E-state index contributed by atoms with van der Waals surface area (Å²) in [6.07, 6.45) is 10.5. The van der Waals surface area contributed by atoms with E-state index < -0.39 is 46.2 Å². The van der Waals surface area contributed by atoms with E-state index in [-0.39, 0.29) is 66.0 Å². The quantitative estimate of drug-likeness (QED) is 0.0585. The number of hydrogen-bond acceptors (Lipinski definition) is 13. The number of nitrogens with zero attached hydrogens (tertiary/aromatic N) is 9. The third-order valence-corrected chi connectivity index (χ3v) is 21.7. The van der Waals surface area contributed by atoms with Crippen molar-refractivity contribution in [2.45, 2.75) is 153 Å². The third-order valence-electron chi connectivity index (χ3n) is 14.1. The first-order valence-corrected chi connectivity index (χ1v) is 43.6. The van der Waals surface area contributed by atoms with Crippen LogP contribution in [0, 0.1) is 60.2 Å². The molecule has 0 aliphatic rings. The summed E-state index contributed by atoms with van der Waals surface area (Å²) in [7, 11) is -14.1. The fourth-order valence-corrected chi connectivity index (χ4v) is 13.0. The monoisotopic (exact) mass is 1600 g/mol. The van der Waals surface area contributed by atoms with Crippen molar-refractivity contribution in [3.05, 3.63) is 191 Å². The second-order valence-electron chi connectivity index (χ2n) is 27.4. The van der Waals surface area contributed by atoms with Gasteiger partial charge < -0.3 is 5.48 Å². The van der Waals surface area contributed by atoms with Crippen LogP contribution in [0.1, 0.15) is 107 Å². The molecule has 6 aromatic carbocycles. The number of nitrogens with one attached hydrogen (secondary N) is 3. The molecule has 0 unspecified atom stereocenters. The number of sulfonamides is 3. The van der Waals surface area contributed by atoms with Gasteiger partial charge in [0.15, 0.2) is 11.4 Å². The van der Waals surface area contributed by atoms with Crippen LogP contribution in [0.15, 0.2) is 142 Å². The molecule has 0 saturated carbocycles. The van der Waals surface area contributed by atoms with Gasteiger partial charge in [-0.25, -0.2) is 39.3 Å². The molecule has 0 aliphatic carbocycles. The van der Waals surface area contributed by atoms with Gasteiger partial charge in [-0.05, 0) is 173 Å². The average molecular weight is 1600 g/mol. The minimum Gasteiger partial charge on any atom is -0.870 e. The zero-order chi connectivity index (χ0) is 71.9. The van der Waals surface area contributed by atoms with Crippen LogP contribution in [-0.4, -0.2) is 91.9 Å². The van der Waals surface area contributed by atoms with Gasteiger partial charge in [0.05, 0.1) is 65.9 Å². The topological polar surface area (TPSA) is 261 Å². The molecule has 4 N–H and O–H groups in total. The van der Waals surface area contributed by atoms with E-state index in [1.807, 2.05) is 50.2 Å². The maximum atomic E-state index is 13.1. The zero-order valence-electron chi connectivity index (χ0n) is 58.4. The van der Waals surface area contributed by atoms with E-state index >= 15 is 0 Å². The van der Waals surface area contributed by atoms with Crippen LogP contribution in [0.3, 0.4) is 0 Å². The summed E-state index contributed by atoms with van der Waals surface area (Å²) >= 11 is 20.6. The van der Waals surface area contributed by atoms with Crippen molar-refractivity contribution in [3.8, 4) is 52.8 Å². The minimum atomic E-state index is -3.83. The van der Waals surface area contributed by atoms with Crippen LogP contribution < -0.4 is 43.7 Å². The SMILES string of the molecule is C#C[Si](C)(C)C.C#Cc1nnn(-c2cc(Cl)ccc2NS(=O)(=O)c2ccc(C(C)(C)C)cc2)c1C.Cc1c(C#C[Si](C)(C)C)nnn1-c1cc(Cl)ccc1NS(=O)(=O)c1ccc(C(C)(C)C)cc1.Cc1c(I)nnn1-c1cc(Cl)ccc1NS(=O)(=O)c1ccc(C(C)(C)C)cc1.[Na+].[OH-]. The molecule has 0 fully saturated rings. The molecule has 3 aromatic heterocycles. The molecule has 0 bridgehead atoms. The molecule has 3 heterocycles. The van der Waals surface area contributed by atoms with E-state index in [4.69, 9.17) is 47.6 Å². The summed E-state index contributed by atoms with van der Waals surface area (Å²) in [5.74, 6) is 5.56. The second-order valence-corrected chi connectivity index (χ2v) is 44.3. The van der Waals surface area contributed by atoms with Gasteiger partial charge in [-0.2, -0.15) is 0 Å². The number of terminal acetylenes is 2. The van der Waals surface area contributed by atoms with Crippen molar-refractivity contribution in [2.75, 3.05) is 14.2 Å². The fourth-order valence-electron chi connectivity index (χ4n) is 8.46. The molecule has 19 nitrogen and oxygen atoms in total. The Morgan fingerprint density at radius 1 is 0.449 bits per heavy atom. The van der Waals surface area contributed by atoms with Crippen molar-refractivity contribution < 1.29 is 60.3 Å². The maximum absolute atomic E-state index is 13.1. The van der Waals surface area contributed by atoms with Crippen LogP contribution in [0.25, 0.3) is 17.1 Å². The summed E-state index contributed by atoms with van der Waals surface area (Å²) in [4.78, 5) is 0.519. The Labute approximate surface area is 631 Å². The van der Waals surface area contributed by atoms with E-state index in [0.29, 0.717) is 72.0 Å². The van der Waals surface area contributed by atoms with E-state index in [0.717, 1.165) is 26.1 Å². The van der Waals surface area contributed by atoms with Crippen LogP contribution in [0.5, 0.6) is 0 Å². The molecular weight excluding hydrogens is 1520 g/mol. The van der Waals surface area contributed by atoms with Crippen LogP contribution in [-0.2, 0) is 46.3 Å². The van der Waals surface area contributed by atoms with Gasteiger partial charge in [0.1, 0.15) is 19.8 Å². The van der Waals surface area contributed by atoms with Crippen molar-refractivity contribution >= 4 is 121 Å². The first-order valence-electron chi connectivity index (χ1n) is 29.9. The molecule has 0 saturated heterocycles. The van der Waals surface area contributed by atoms with Crippen LogP contribution in [0.2, 0.25) is 54.3 Å². The van der Waals surface area contributed by atoms with Gasteiger partial charge in [0.25, 0.3) is 30.1 Å². The fraction of sp³-hybridized carbons (Fsp3) is 0.304. The molecule has 0 atom stereocenters. The van der Waals surface area contributed by atoms with Gasteiger partial charge in [-0.3, -0.25) is 14.2 Å². The van der Waals surface area contributed by atoms with Gasteiger partial charge >= 0.3 is 29.6 Å². The molecule has 9 aromatic rings. The Morgan fingerprint density at radius 2 is 0.724 bits per heavy atom. The summed E-state index contributed by atoms with van der Waals surface area (Å²) in [6.45, 7) is 37.0.